The highest BCUT2D eigenvalue weighted by Gasteiger charge is 2.20. The molecule has 1 aromatic carbocycles. The molecule has 1 aromatic rings. The van der Waals surface area contributed by atoms with Crippen molar-refractivity contribution < 1.29 is 8.78 Å². The van der Waals surface area contributed by atoms with Crippen molar-refractivity contribution in [2.75, 3.05) is 6.54 Å². The minimum absolute atomic E-state index is 0.0108. The van der Waals surface area contributed by atoms with Gasteiger partial charge in [0.05, 0.1) is 5.92 Å². The van der Waals surface area contributed by atoms with Gasteiger partial charge in [-0.15, -0.1) is 0 Å². The van der Waals surface area contributed by atoms with Gasteiger partial charge < -0.3 is 5.73 Å². The lowest BCUT2D eigenvalue weighted by molar-refractivity contribution is 0.117. The molecule has 0 saturated heterocycles. The number of nitrogens with two attached hydrogens (primary N) is 1. The summed E-state index contributed by atoms with van der Waals surface area (Å²) in [5.74, 6) is -0.832. The maximum absolute atomic E-state index is 12.5. The van der Waals surface area contributed by atoms with Crippen LogP contribution in [0.3, 0.4) is 0 Å². The molecule has 0 amide bonds. The van der Waals surface area contributed by atoms with E-state index >= 15 is 0 Å². The molecule has 3 heteroatoms. The number of halogens is 2. The van der Waals surface area contributed by atoms with Crippen molar-refractivity contribution in [3.05, 3.63) is 35.4 Å². The lowest BCUT2D eigenvalue weighted by atomic mass is 9.98. The summed E-state index contributed by atoms with van der Waals surface area (Å²) in [6.45, 7) is 2.02. The Balaban J connectivity index is 2.84. The highest BCUT2D eigenvalue weighted by molar-refractivity contribution is 5.26. The van der Waals surface area contributed by atoms with E-state index in [0.29, 0.717) is 5.56 Å². The third-order valence-electron chi connectivity index (χ3n) is 2.37. The van der Waals surface area contributed by atoms with E-state index in [9.17, 15) is 8.78 Å². The molecule has 2 N–H and O–H groups in total. The summed E-state index contributed by atoms with van der Waals surface area (Å²) in [6, 6.07) is 7.23. The smallest absolute Gasteiger partial charge is 0.246 e. The highest BCUT2D eigenvalue weighted by atomic mass is 19.3. The number of alkyl halides is 2. The van der Waals surface area contributed by atoms with Gasteiger partial charge in [-0.2, -0.15) is 0 Å². The van der Waals surface area contributed by atoms with Crippen LogP contribution in [0, 0.1) is 0 Å². The Hall–Kier alpha value is -0.960. The van der Waals surface area contributed by atoms with Crippen molar-refractivity contribution in [3.63, 3.8) is 0 Å². The third-order valence-corrected chi connectivity index (χ3v) is 2.37. The summed E-state index contributed by atoms with van der Waals surface area (Å²) in [7, 11) is 0. The maximum Gasteiger partial charge on any atom is 0.246 e. The van der Waals surface area contributed by atoms with Crippen LogP contribution in [0.5, 0.6) is 0 Å². The molecular weight excluding hydrogens is 184 g/mol. The normalized spacial score (nSPS) is 13.2. The fourth-order valence-electron chi connectivity index (χ4n) is 1.38. The Kier molecular flexibility index (Phi) is 4.01. The van der Waals surface area contributed by atoms with Gasteiger partial charge in [-0.05, 0) is 17.5 Å². The molecule has 0 bridgehead atoms. The van der Waals surface area contributed by atoms with Crippen molar-refractivity contribution in [2.45, 2.75) is 25.7 Å². The minimum Gasteiger partial charge on any atom is -0.330 e. The molecule has 0 spiro atoms. The summed E-state index contributed by atoms with van der Waals surface area (Å²) in [6.07, 6.45) is -1.46. The monoisotopic (exact) mass is 199 g/mol. The quantitative estimate of drug-likeness (QED) is 0.792. The maximum atomic E-state index is 12.5. The van der Waals surface area contributed by atoms with Crippen molar-refractivity contribution in [1.82, 2.24) is 0 Å². The zero-order chi connectivity index (χ0) is 10.6. The SMILES string of the molecule is CCc1ccc(C(CN)C(F)F)cc1. The van der Waals surface area contributed by atoms with Gasteiger partial charge in [-0.3, -0.25) is 0 Å². The van der Waals surface area contributed by atoms with Crippen LogP contribution < -0.4 is 5.73 Å². The molecule has 1 unspecified atom stereocenters. The molecule has 1 rings (SSSR count). The van der Waals surface area contributed by atoms with Crippen molar-refractivity contribution in [1.29, 1.82) is 0 Å². The van der Waals surface area contributed by atoms with E-state index in [4.69, 9.17) is 5.73 Å². The molecular formula is C11H15F2N. The van der Waals surface area contributed by atoms with E-state index in [0.717, 1.165) is 12.0 Å². The highest BCUT2D eigenvalue weighted by Crippen LogP contribution is 2.22. The summed E-state index contributed by atoms with van der Waals surface area (Å²) in [5.41, 5.74) is 7.07. The van der Waals surface area contributed by atoms with Crippen LogP contribution in [-0.4, -0.2) is 13.0 Å². The first-order valence-electron chi connectivity index (χ1n) is 4.76. The largest absolute Gasteiger partial charge is 0.330 e. The van der Waals surface area contributed by atoms with E-state index < -0.39 is 12.3 Å². The predicted octanol–water partition coefficient (Wildman–Crippen LogP) is 2.56. The van der Waals surface area contributed by atoms with Crippen molar-refractivity contribution in [3.8, 4) is 0 Å². The van der Waals surface area contributed by atoms with Gasteiger partial charge in [-0.25, -0.2) is 8.78 Å². The average Bonchev–Trinajstić information content (AvgIpc) is 2.19. The second kappa shape index (κ2) is 5.05. The van der Waals surface area contributed by atoms with Crippen LogP contribution in [0.1, 0.15) is 24.0 Å². The fraction of sp³-hybridized carbons (Fsp3) is 0.455. The molecule has 0 heterocycles. The zero-order valence-electron chi connectivity index (χ0n) is 8.21. The Morgan fingerprint density at radius 2 is 1.79 bits per heavy atom. The summed E-state index contributed by atoms with van der Waals surface area (Å²) >= 11 is 0. The predicted molar refractivity (Wildman–Crippen MR) is 53.6 cm³/mol. The first-order chi connectivity index (χ1) is 6.69. The van der Waals surface area contributed by atoms with Crippen LogP contribution in [-0.2, 0) is 6.42 Å². The Bertz CT molecular complexity index is 269. The molecule has 0 saturated carbocycles. The molecule has 0 aromatic heterocycles. The zero-order valence-corrected chi connectivity index (χ0v) is 8.21. The van der Waals surface area contributed by atoms with Gasteiger partial charge in [-0.1, -0.05) is 31.2 Å². The molecule has 0 aliphatic heterocycles. The Labute approximate surface area is 82.9 Å². The van der Waals surface area contributed by atoms with Crippen LogP contribution >= 0.6 is 0 Å². The van der Waals surface area contributed by atoms with E-state index in [1.54, 1.807) is 12.1 Å². The molecule has 0 aliphatic rings. The third kappa shape index (κ3) is 2.51. The summed E-state index contributed by atoms with van der Waals surface area (Å²) < 4.78 is 25.0. The number of rotatable bonds is 4. The molecule has 0 radical (unpaired) electrons. The second-order valence-corrected chi connectivity index (χ2v) is 3.27. The van der Waals surface area contributed by atoms with Crippen LogP contribution in [0.2, 0.25) is 0 Å². The summed E-state index contributed by atoms with van der Waals surface area (Å²) in [4.78, 5) is 0. The average molecular weight is 199 g/mol. The van der Waals surface area contributed by atoms with Gasteiger partial charge in [0, 0.05) is 6.54 Å². The number of benzene rings is 1. The standard InChI is InChI=1S/C11H15F2N/c1-2-8-3-5-9(6-4-8)10(7-14)11(12)13/h3-6,10-11H,2,7,14H2,1H3. The van der Waals surface area contributed by atoms with Gasteiger partial charge in [0.2, 0.25) is 6.43 Å². The topological polar surface area (TPSA) is 26.0 Å². The lowest BCUT2D eigenvalue weighted by Gasteiger charge is -2.14. The Morgan fingerprint density at radius 3 is 2.14 bits per heavy atom. The molecule has 0 aliphatic carbocycles. The first kappa shape index (κ1) is 11.1. The van der Waals surface area contributed by atoms with Crippen molar-refractivity contribution in [2.24, 2.45) is 5.73 Å². The number of hydrogen-bond donors (Lipinski definition) is 1. The summed E-state index contributed by atoms with van der Waals surface area (Å²) in [5, 5.41) is 0. The molecule has 78 valence electrons. The van der Waals surface area contributed by atoms with Gasteiger partial charge >= 0.3 is 0 Å². The van der Waals surface area contributed by atoms with E-state index in [-0.39, 0.29) is 6.54 Å². The number of aryl methyl sites for hydroxylation is 1. The number of hydrogen-bond acceptors (Lipinski definition) is 1. The van der Waals surface area contributed by atoms with Gasteiger partial charge in [0.25, 0.3) is 0 Å². The fourth-order valence-corrected chi connectivity index (χ4v) is 1.38. The molecule has 1 nitrogen and oxygen atoms in total. The van der Waals surface area contributed by atoms with E-state index in [1.807, 2.05) is 19.1 Å². The molecule has 1 atom stereocenters. The van der Waals surface area contributed by atoms with E-state index in [1.165, 1.54) is 0 Å². The van der Waals surface area contributed by atoms with E-state index in [2.05, 4.69) is 0 Å². The van der Waals surface area contributed by atoms with Crippen LogP contribution in [0.25, 0.3) is 0 Å². The molecule has 0 fully saturated rings. The van der Waals surface area contributed by atoms with Crippen molar-refractivity contribution >= 4 is 0 Å². The van der Waals surface area contributed by atoms with Gasteiger partial charge in [0.1, 0.15) is 0 Å². The van der Waals surface area contributed by atoms with Gasteiger partial charge in [0.15, 0.2) is 0 Å². The first-order valence-corrected chi connectivity index (χ1v) is 4.76. The Morgan fingerprint density at radius 1 is 1.21 bits per heavy atom. The molecule has 14 heavy (non-hydrogen) atoms. The second-order valence-electron chi connectivity index (χ2n) is 3.27. The van der Waals surface area contributed by atoms with Crippen LogP contribution in [0.4, 0.5) is 8.78 Å². The minimum atomic E-state index is -2.38. The lowest BCUT2D eigenvalue weighted by Crippen LogP contribution is -2.19. The van der Waals surface area contributed by atoms with Crippen LogP contribution in [0.15, 0.2) is 24.3 Å².